The topological polar surface area (TPSA) is 40.7 Å². The molecule has 2 saturated heterocycles. The van der Waals surface area contributed by atoms with E-state index in [1.807, 2.05) is 6.07 Å². The SMILES string of the molecule is COc1ccc(-c2[nH]c3ccc(C4CCN(C5CCN(CCC(C)C)CC5)CC4)cc3c2C)cc1OC. The number of hydrogen-bond acceptors (Lipinski definition) is 4. The van der Waals surface area contributed by atoms with Crippen LogP contribution in [-0.2, 0) is 0 Å². The normalized spacial score (nSPS) is 18.6. The number of methoxy groups -OCH3 is 2. The summed E-state index contributed by atoms with van der Waals surface area (Å²) in [6.45, 7) is 13.2. The summed E-state index contributed by atoms with van der Waals surface area (Å²) >= 11 is 0. The van der Waals surface area contributed by atoms with E-state index in [0.717, 1.165) is 34.7 Å². The molecular weight excluding hydrogens is 458 g/mol. The molecule has 0 bridgehead atoms. The number of nitrogens with one attached hydrogen (secondary N) is 1. The van der Waals surface area contributed by atoms with E-state index in [0.29, 0.717) is 5.92 Å². The molecule has 0 aliphatic carbocycles. The number of aromatic nitrogens is 1. The van der Waals surface area contributed by atoms with Crippen LogP contribution in [0.5, 0.6) is 11.5 Å². The molecule has 2 fully saturated rings. The number of H-pyrrole nitrogens is 1. The van der Waals surface area contributed by atoms with Crippen LogP contribution in [0.2, 0.25) is 0 Å². The number of piperidine rings is 2. The monoisotopic (exact) mass is 503 g/mol. The molecule has 0 unspecified atom stereocenters. The number of fused-ring (bicyclic) bond motifs is 1. The third-order valence-electron chi connectivity index (χ3n) is 8.85. The van der Waals surface area contributed by atoms with Crippen molar-refractivity contribution in [2.45, 2.75) is 64.8 Å². The highest BCUT2D eigenvalue weighted by atomic mass is 16.5. The smallest absolute Gasteiger partial charge is 0.161 e. The van der Waals surface area contributed by atoms with Crippen molar-refractivity contribution in [2.75, 3.05) is 46.9 Å². The molecule has 0 amide bonds. The van der Waals surface area contributed by atoms with Gasteiger partial charge in [-0.25, -0.2) is 0 Å². The van der Waals surface area contributed by atoms with E-state index in [-0.39, 0.29) is 0 Å². The largest absolute Gasteiger partial charge is 0.493 e. The van der Waals surface area contributed by atoms with E-state index in [9.17, 15) is 0 Å². The number of rotatable bonds is 8. The summed E-state index contributed by atoms with van der Waals surface area (Å²) in [6.07, 6.45) is 6.55. The molecular formula is C32H45N3O2. The first-order valence-corrected chi connectivity index (χ1v) is 14.3. The van der Waals surface area contributed by atoms with Crippen molar-refractivity contribution < 1.29 is 9.47 Å². The third-order valence-corrected chi connectivity index (χ3v) is 8.85. The molecule has 200 valence electrons. The van der Waals surface area contributed by atoms with E-state index in [1.54, 1.807) is 14.2 Å². The van der Waals surface area contributed by atoms with Crippen molar-refractivity contribution >= 4 is 10.9 Å². The first-order valence-electron chi connectivity index (χ1n) is 14.3. The lowest BCUT2D eigenvalue weighted by atomic mass is 9.87. The summed E-state index contributed by atoms with van der Waals surface area (Å²) in [4.78, 5) is 9.14. The summed E-state index contributed by atoms with van der Waals surface area (Å²) in [5, 5.41) is 1.33. The molecule has 0 spiro atoms. The zero-order valence-corrected chi connectivity index (χ0v) is 23.5. The molecule has 2 aromatic carbocycles. The summed E-state index contributed by atoms with van der Waals surface area (Å²) in [6, 6.07) is 14.0. The van der Waals surface area contributed by atoms with Crippen molar-refractivity contribution in [1.82, 2.24) is 14.8 Å². The van der Waals surface area contributed by atoms with Gasteiger partial charge in [-0.2, -0.15) is 0 Å². The second kappa shape index (κ2) is 11.5. The maximum Gasteiger partial charge on any atom is 0.161 e. The Kier molecular flexibility index (Phi) is 8.11. The van der Waals surface area contributed by atoms with Crippen molar-refractivity contribution in [3.05, 3.63) is 47.5 Å². The molecule has 37 heavy (non-hydrogen) atoms. The standard InChI is InChI=1S/C32H45N3O2/c1-22(2)10-15-34-16-13-27(14-17-34)35-18-11-24(12-19-35)25-6-8-29-28(20-25)23(3)32(33-29)26-7-9-30(36-4)31(21-26)37-5/h6-9,20-22,24,27,33H,10-19H2,1-5H3. The molecule has 0 atom stereocenters. The second-order valence-electron chi connectivity index (χ2n) is 11.6. The maximum absolute atomic E-state index is 5.54. The summed E-state index contributed by atoms with van der Waals surface area (Å²) in [5.74, 6) is 2.98. The fourth-order valence-corrected chi connectivity index (χ4v) is 6.43. The molecule has 0 radical (unpaired) electrons. The molecule has 1 N–H and O–H groups in total. The lowest BCUT2D eigenvalue weighted by molar-refractivity contribution is 0.0855. The van der Waals surface area contributed by atoms with Gasteiger partial charge < -0.3 is 24.3 Å². The molecule has 1 aromatic heterocycles. The van der Waals surface area contributed by atoms with Gasteiger partial charge in [0, 0.05) is 28.2 Å². The fraction of sp³-hybridized carbons (Fsp3) is 0.562. The predicted molar refractivity (Wildman–Crippen MR) is 154 cm³/mol. The highest BCUT2D eigenvalue weighted by Gasteiger charge is 2.29. The molecule has 5 nitrogen and oxygen atoms in total. The maximum atomic E-state index is 5.54. The summed E-state index contributed by atoms with van der Waals surface area (Å²) in [5.41, 5.74) is 6.27. The quantitative estimate of drug-likeness (QED) is 0.365. The minimum absolute atomic E-state index is 0.658. The van der Waals surface area contributed by atoms with Crippen LogP contribution in [-0.4, -0.2) is 67.8 Å². The van der Waals surface area contributed by atoms with Gasteiger partial charge in [-0.3, -0.25) is 0 Å². The van der Waals surface area contributed by atoms with Gasteiger partial charge in [0.05, 0.1) is 14.2 Å². The number of likely N-dealkylation sites (tertiary alicyclic amines) is 2. The van der Waals surface area contributed by atoms with Gasteiger partial charge >= 0.3 is 0 Å². The van der Waals surface area contributed by atoms with Crippen molar-refractivity contribution in [3.63, 3.8) is 0 Å². The van der Waals surface area contributed by atoms with Crippen LogP contribution >= 0.6 is 0 Å². The van der Waals surface area contributed by atoms with Crippen LogP contribution in [0, 0.1) is 12.8 Å². The van der Waals surface area contributed by atoms with Gasteiger partial charge in [-0.05, 0) is 125 Å². The molecule has 3 aromatic rings. The highest BCUT2D eigenvalue weighted by molar-refractivity contribution is 5.91. The van der Waals surface area contributed by atoms with Gasteiger partial charge in [0.15, 0.2) is 11.5 Å². The lowest BCUT2D eigenvalue weighted by Crippen LogP contribution is -2.47. The van der Waals surface area contributed by atoms with Crippen molar-refractivity contribution in [3.8, 4) is 22.8 Å². The van der Waals surface area contributed by atoms with Gasteiger partial charge in [-0.15, -0.1) is 0 Å². The Morgan fingerprint density at radius 3 is 2.30 bits per heavy atom. The molecule has 2 aliphatic heterocycles. The van der Waals surface area contributed by atoms with Crippen LogP contribution < -0.4 is 9.47 Å². The molecule has 0 saturated carbocycles. The minimum Gasteiger partial charge on any atom is -0.493 e. The fourth-order valence-electron chi connectivity index (χ4n) is 6.43. The Morgan fingerprint density at radius 2 is 1.62 bits per heavy atom. The highest BCUT2D eigenvalue weighted by Crippen LogP contribution is 2.38. The Morgan fingerprint density at radius 1 is 0.892 bits per heavy atom. The zero-order chi connectivity index (χ0) is 25.9. The zero-order valence-electron chi connectivity index (χ0n) is 23.5. The van der Waals surface area contributed by atoms with Gasteiger partial charge in [-0.1, -0.05) is 19.9 Å². The van der Waals surface area contributed by atoms with Crippen molar-refractivity contribution in [1.29, 1.82) is 0 Å². The van der Waals surface area contributed by atoms with E-state index < -0.39 is 0 Å². The number of aromatic amines is 1. The number of aryl methyl sites for hydroxylation is 1. The first-order chi connectivity index (χ1) is 18.0. The third kappa shape index (κ3) is 5.68. The van der Waals surface area contributed by atoms with E-state index in [2.05, 4.69) is 65.9 Å². The van der Waals surface area contributed by atoms with Crippen LogP contribution in [0.25, 0.3) is 22.2 Å². The minimum atomic E-state index is 0.658. The Hall–Kier alpha value is -2.50. The van der Waals surface area contributed by atoms with E-state index in [1.165, 1.54) is 86.9 Å². The number of ether oxygens (including phenoxy) is 2. The predicted octanol–water partition coefficient (Wildman–Crippen LogP) is 6.85. The number of benzene rings is 2. The van der Waals surface area contributed by atoms with Crippen LogP contribution in [0.15, 0.2) is 36.4 Å². The van der Waals surface area contributed by atoms with Crippen LogP contribution in [0.3, 0.4) is 0 Å². The van der Waals surface area contributed by atoms with E-state index in [4.69, 9.17) is 9.47 Å². The summed E-state index contributed by atoms with van der Waals surface area (Å²) < 4.78 is 11.0. The lowest BCUT2D eigenvalue weighted by Gasteiger charge is -2.42. The second-order valence-corrected chi connectivity index (χ2v) is 11.6. The number of hydrogen-bond donors (Lipinski definition) is 1. The first kappa shape index (κ1) is 26.1. The average Bonchev–Trinajstić information content (AvgIpc) is 3.27. The van der Waals surface area contributed by atoms with Gasteiger partial charge in [0.2, 0.25) is 0 Å². The summed E-state index contributed by atoms with van der Waals surface area (Å²) in [7, 11) is 3.36. The molecule has 5 heteroatoms. The van der Waals surface area contributed by atoms with Gasteiger partial charge in [0.1, 0.15) is 0 Å². The molecule has 5 rings (SSSR count). The van der Waals surface area contributed by atoms with Crippen molar-refractivity contribution in [2.24, 2.45) is 5.92 Å². The van der Waals surface area contributed by atoms with Crippen LogP contribution in [0.1, 0.15) is 63.0 Å². The van der Waals surface area contributed by atoms with Crippen LogP contribution in [0.4, 0.5) is 0 Å². The van der Waals surface area contributed by atoms with Gasteiger partial charge in [0.25, 0.3) is 0 Å². The number of nitrogens with zero attached hydrogens (tertiary/aromatic N) is 2. The Bertz CT molecular complexity index is 1180. The Balaban J connectivity index is 1.23. The average molecular weight is 504 g/mol. The van der Waals surface area contributed by atoms with E-state index >= 15 is 0 Å². The molecule has 3 heterocycles. The molecule has 2 aliphatic rings. The Labute approximate surface area is 223 Å².